The van der Waals surface area contributed by atoms with Crippen LogP contribution in [-0.2, 0) is 16.1 Å². The SMILES string of the molecule is O=C(CCn1cnc2ccccc21)Nc1ccc(N2CCCC2=O)c(Cl)c1. The van der Waals surface area contributed by atoms with Crippen LogP contribution in [-0.4, -0.2) is 27.9 Å². The number of para-hydroxylation sites is 2. The van der Waals surface area contributed by atoms with Crippen LogP contribution in [0.1, 0.15) is 19.3 Å². The predicted molar refractivity (Wildman–Crippen MR) is 106 cm³/mol. The van der Waals surface area contributed by atoms with Crippen molar-refractivity contribution in [3.05, 3.63) is 53.8 Å². The lowest BCUT2D eigenvalue weighted by Gasteiger charge is -2.18. The van der Waals surface area contributed by atoms with Gasteiger partial charge in [-0.1, -0.05) is 23.7 Å². The van der Waals surface area contributed by atoms with Crippen molar-refractivity contribution in [1.82, 2.24) is 9.55 Å². The Balaban J connectivity index is 1.39. The molecule has 0 bridgehead atoms. The summed E-state index contributed by atoms with van der Waals surface area (Å²) in [6.45, 7) is 1.23. The molecule has 1 aliphatic heterocycles. The monoisotopic (exact) mass is 382 g/mol. The normalized spacial score (nSPS) is 14.1. The average molecular weight is 383 g/mol. The molecule has 1 fully saturated rings. The van der Waals surface area contributed by atoms with Crippen LogP contribution in [0.15, 0.2) is 48.8 Å². The van der Waals surface area contributed by atoms with Gasteiger partial charge in [-0.2, -0.15) is 0 Å². The zero-order valence-electron chi connectivity index (χ0n) is 14.7. The Morgan fingerprint density at radius 1 is 1.22 bits per heavy atom. The minimum atomic E-state index is -0.103. The number of halogens is 1. The van der Waals surface area contributed by atoms with Gasteiger partial charge >= 0.3 is 0 Å². The van der Waals surface area contributed by atoms with Gasteiger partial charge in [0.05, 0.1) is 28.1 Å². The van der Waals surface area contributed by atoms with Crippen LogP contribution in [0.25, 0.3) is 11.0 Å². The summed E-state index contributed by atoms with van der Waals surface area (Å²) in [4.78, 5) is 30.2. The number of nitrogens with one attached hydrogen (secondary N) is 1. The first kappa shape index (κ1) is 17.5. The van der Waals surface area contributed by atoms with Gasteiger partial charge in [-0.05, 0) is 36.8 Å². The van der Waals surface area contributed by atoms with Crippen LogP contribution in [0.5, 0.6) is 0 Å². The highest BCUT2D eigenvalue weighted by molar-refractivity contribution is 6.34. The summed E-state index contributed by atoms with van der Waals surface area (Å²) in [5.74, 6) is -0.0184. The average Bonchev–Trinajstić information content (AvgIpc) is 3.26. The fraction of sp³-hybridized carbons (Fsp3) is 0.250. The Morgan fingerprint density at radius 3 is 2.85 bits per heavy atom. The number of carbonyl (C=O) groups is 2. The number of amides is 2. The summed E-state index contributed by atoms with van der Waals surface area (Å²) in [5.41, 5.74) is 3.24. The van der Waals surface area contributed by atoms with E-state index >= 15 is 0 Å². The zero-order valence-corrected chi connectivity index (χ0v) is 15.4. The molecule has 1 N–H and O–H groups in total. The summed E-state index contributed by atoms with van der Waals surface area (Å²) < 4.78 is 1.96. The first-order valence-corrected chi connectivity index (χ1v) is 9.29. The van der Waals surface area contributed by atoms with Crippen LogP contribution >= 0.6 is 11.6 Å². The number of aryl methyl sites for hydroxylation is 1. The van der Waals surface area contributed by atoms with E-state index in [0.717, 1.165) is 17.5 Å². The smallest absolute Gasteiger partial charge is 0.227 e. The molecule has 0 spiro atoms. The number of nitrogens with zero attached hydrogens (tertiary/aromatic N) is 3. The van der Waals surface area contributed by atoms with Gasteiger partial charge in [-0.3, -0.25) is 9.59 Å². The van der Waals surface area contributed by atoms with E-state index in [-0.39, 0.29) is 11.8 Å². The second-order valence-electron chi connectivity index (χ2n) is 6.54. The van der Waals surface area contributed by atoms with Gasteiger partial charge in [-0.25, -0.2) is 4.98 Å². The largest absolute Gasteiger partial charge is 0.330 e. The lowest BCUT2D eigenvalue weighted by molar-refractivity contribution is -0.117. The number of aromatic nitrogens is 2. The zero-order chi connectivity index (χ0) is 18.8. The molecule has 0 saturated carbocycles. The molecule has 2 aromatic carbocycles. The highest BCUT2D eigenvalue weighted by atomic mass is 35.5. The van der Waals surface area contributed by atoms with E-state index in [1.54, 1.807) is 29.4 Å². The van der Waals surface area contributed by atoms with Crippen molar-refractivity contribution in [3.8, 4) is 0 Å². The minimum Gasteiger partial charge on any atom is -0.330 e. The van der Waals surface area contributed by atoms with Crippen molar-refractivity contribution < 1.29 is 9.59 Å². The molecule has 7 heteroatoms. The molecular formula is C20H19ClN4O2. The number of rotatable bonds is 5. The van der Waals surface area contributed by atoms with E-state index in [1.807, 2.05) is 28.8 Å². The molecule has 6 nitrogen and oxygen atoms in total. The van der Waals surface area contributed by atoms with Gasteiger partial charge in [0.25, 0.3) is 0 Å². The second kappa shape index (κ2) is 7.40. The molecule has 1 aliphatic rings. The Bertz CT molecular complexity index is 1010. The Morgan fingerprint density at radius 2 is 2.07 bits per heavy atom. The number of hydrogen-bond donors (Lipinski definition) is 1. The number of benzene rings is 2. The molecule has 1 aromatic heterocycles. The Kier molecular flexibility index (Phi) is 4.81. The third-order valence-electron chi connectivity index (χ3n) is 4.70. The third-order valence-corrected chi connectivity index (χ3v) is 5.01. The molecule has 0 aliphatic carbocycles. The van der Waals surface area contributed by atoms with E-state index in [9.17, 15) is 9.59 Å². The molecule has 3 aromatic rings. The number of fused-ring (bicyclic) bond motifs is 1. The van der Waals surface area contributed by atoms with Crippen molar-refractivity contribution in [3.63, 3.8) is 0 Å². The summed E-state index contributed by atoms with van der Waals surface area (Å²) in [7, 11) is 0. The minimum absolute atomic E-state index is 0.0845. The fourth-order valence-corrected chi connectivity index (χ4v) is 3.62. The van der Waals surface area contributed by atoms with Crippen LogP contribution in [0, 0.1) is 0 Å². The standard InChI is InChI=1S/C20H19ClN4O2/c21-15-12-14(7-8-17(15)25-10-3-6-20(25)27)23-19(26)9-11-24-13-22-16-4-1-2-5-18(16)24/h1-2,4-5,7-8,12-13H,3,6,9-11H2,(H,23,26). The van der Waals surface area contributed by atoms with Crippen molar-refractivity contribution in [2.75, 3.05) is 16.8 Å². The van der Waals surface area contributed by atoms with Crippen molar-refractivity contribution >= 4 is 45.8 Å². The fourth-order valence-electron chi connectivity index (χ4n) is 3.34. The quantitative estimate of drug-likeness (QED) is 0.728. The molecule has 0 radical (unpaired) electrons. The highest BCUT2D eigenvalue weighted by Gasteiger charge is 2.23. The van der Waals surface area contributed by atoms with E-state index in [4.69, 9.17) is 11.6 Å². The number of hydrogen-bond acceptors (Lipinski definition) is 3. The van der Waals surface area contributed by atoms with Crippen molar-refractivity contribution in [2.45, 2.75) is 25.8 Å². The Hall–Kier alpha value is -2.86. The molecule has 0 unspecified atom stereocenters. The molecule has 138 valence electrons. The van der Waals surface area contributed by atoms with E-state index in [1.165, 1.54) is 0 Å². The molecule has 4 rings (SSSR count). The van der Waals surface area contributed by atoms with Crippen LogP contribution in [0.4, 0.5) is 11.4 Å². The predicted octanol–water partition coefficient (Wildman–Crippen LogP) is 3.85. The molecule has 27 heavy (non-hydrogen) atoms. The van der Waals surface area contributed by atoms with Crippen molar-refractivity contribution in [2.24, 2.45) is 0 Å². The van der Waals surface area contributed by atoms with Crippen molar-refractivity contribution in [1.29, 1.82) is 0 Å². The highest BCUT2D eigenvalue weighted by Crippen LogP contribution is 2.31. The topological polar surface area (TPSA) is 67.2 Å². The summed E-state index contributed by atoms with van der Waals surface area (Å²) in [6.07, 6.45) is 3.47. The van der Waals surface area contributed by atoms with Crippen LogP contribution < -0.4 is 10.2 Å². The van der Waals surface area contributed by atoms with Gasteiger partial charge in [0.2, 0.25) is 11.8 Å². The summed E-state index contributed by atoms with van der Waals surface area (Å²) >= 11 is 6.32. The van der Waals surface area contributed by atoms with Crippen LogP contribution in [0.3, 0.4) is 0 Å². The van der Waals surface area contributed by atoms with Gasteiger partial charge in [0, 0.05) is 31.6 Å². The first-order valence-electron chi connectivity index (χ1n) is 8.91. The molecular weight excluding hydrogens is 364 g/mol. The number of anilines is 2. The van der Waals surface area contributed by atoms with Gasteiger partial charge in [0.1, 0.15) is 0 Å². The number of imidazole rings is 1. The molecule has 0 atom stereocenters. The molecule has 2 heterocycles. The van der Waals surface area contributed by atoms with E-state index in [2.05, 4.69) is 10.3 Å². The second-order valence-corrected chi connectivity index (χ2v) is 6.95. The Labute approximate surface area is 161 Å². The maximum absolute atomic E-state index is 12.3. The lowest BCUT2D eigenvalue weighted by atomic mass is 10.2. The van der Waals surface area contributed by atoms with Gasteiger partial charge in [-0.15, -0.1) is 0 Å². The van der Waals surface area contributed by atoms with Gasteiger partial charge < -0.3 is 14.8 Å². The lowest BCUT2D eigenvalue weighted by Crippen LogP contribution is -2.24. The van der Waals surface area contributed by atoms with Crippen LogP contribution in [0.2, 0.25) is 5.02 Å². The number of carbonyl (C=O) groups excluding carboxylic acids is 2. The molecule has 2 amide bonds. The maximum Gasteiger partial charge on any atom is 0.227 e. The first-order chi connectivity index (χ1) is 13.1. The summed E-state index contributed by atoms with van der Waals surface area (Å²) in [6, 6.07) is 13.1. The summed E-state index contributed by atoms with van der Waals surface area (Å²) in [5, 5.41) is 3.32. The van der Waals surface area contributed by atoms with Gasteiger partial charge in [0.15, 0.2) is 0 Å². The maximum atomic E-state index is 12.3. The van der Waals surface area contributed by atoms with E-state index in [0.29, 0.717) is 42.3 Å². The molecule has 1 saturated heterocycles. The third kappa shape index (κ3) is 3.66. The van der Waals surface area contributed by atoms with E-state index < -0.39 is 0 Å².